The van der Waals surface area contributed by atoms with Gasteiger partial charge in [-0.1, -0.05) is 24.6 Å². The first-order valence-electron chi connectivity index (χ1n) is 7.19. The summed E-state index contributed by atoms with van der Waals surface area (Å²) in [5.41, 5.74) is 2.29. The first kappa shape index (κ1) is 30.9. The average molecular weight is 628 g/mol. The molecule has 0 unspecified atom stereocenters. The van der Waals surface area contributed by atoms with Crippen molar-refractivity contribution < 1.29 is 116 Å². The third-order valence-corrected chi connectivity index (χ3v) is 4.10. The first-order chi connectivity index (χ1) is 11.4. The molecule has 0 spiro atoms. The van der Waals surface area contributed by atoms with Gasteiger partial charge in [0.25, 0.3) is 0 Å². The van der Waals surface area contributed by atoms with Crippen LogP contribution in [0.15, 0.2) is 42.5 Å². The summed E-state index contributed by atoms with van der Waals surface area (Å²) in [4.78, 5) is 1.32. The fourth-order valence-electron chi connectivity index (χ4n) is 2.19. The Morgan fingerprint density at radius 2 is 1.61 bits per heavy atom. The van der Waals surface area contributed by atoms with Gasteiger partial charge < -0.3 is 22.4 Å². The topological polar surface area (TPSA) is 122 Å². The molecule has 12 heteroatoms. The van der Waals surface area contributed by atoms with Crippen molar-refractivity contribution in [3.8, 4) is 11.4 Å². The summed E-state index contributed by atoms with van der Waals surface area (Å²) in [6.07, 6.45) is 0.145. The van der Waals surface area contributed by atoms with E-state index in [9.17, 15) is 18.1 Å². The monoisotopic (exact) mass is 628 g/mol. The first-order valence-corrected chi connectivity index (χ1v) is 8.77. The van der Waals surface area contributed by atoms with E-state index in [2.05, 4.69) is 15.5 Å². The molecule has 0 aliphatic rings. The number of phenolic OH excluding ortho intramolecular Hbond substituents is 1. The van der Waals surface area contributed by atoms with E-state index in [1.807, 2.05) is 24.3 Å². The Kier molecular flexibility index (Phi) is 15.3. The minimum atomic E-state index is -4.23. The van der Waals surface area contributed by atoms with Gasteiger partial charge in [0, 0.05) is 104 Å². The Balaban J connectivity index is 0. The molecule has 1 heterocycles. The number of aromatic nitrogens is 3. The summed E-state index contributed by atoms with van der Waals surface area (Å²) < 4.78 is 31.7. The fourth-order valence-corrected chi connectivity index (χ4v) is 2.67. The van der Waals surface area contributed by atoms with E-state index in [4.69, 9.17) is 0 Å². The maximum atomic E-state index is 10.6. The van der Waals surface area contributed by atoms with E-state index in [0.29, 0.717) is 22.4 Å². The summed E-state index contributed by atoms with van der Waals surface area (Å²) >= 11 is 0. The number of aromatic hydroxyl groups is 1. The van der Waals surface area contributed by atoms with Gasteiger partial charge in [0.05, 0.1) is 10.1 Å². The molecule has 0 saturated heterocycles. The van der Waals surface area contributed by atoms with E-state index in [1.165, 1.54) is 10.9 Å². The number of phenols is 1. The second-order valence-electron chi connectivity index (χ2n) is 5.15. The molecule has 0 saturated carbocycles. The SMILES string of the molecule is O=S(=O)([O-])CCC[N-]c1ccc(O)c(-n2nc3ccccc3n2)c1.[CH3-].[Y].[Y].[Y]. The van der Waals surface area contributed by atoms with Crippen LogP contribution in [-0.4, -0.2) is 45.4 Å². The Labute approximate surface area is 240 Å². The standard InChI is InChI=1S/C15H15N4O4S.CH3.3Y/c20-15-7-6-11(16-8-3-9-24(21,22)23)10-14(15)19-17-12-4-1-2-5-13(12)18-19;;;;/h1-2,4-7,10H,3,8-9H2,(H2-,16,17,18,20,21,22,23);1H3;;;/q2*-1;;;/p-1. The molecule has 8 nitrogen and oxygen atoms in total. The fraction of sp³-hybridized carbons (Fsp3) is 0.188. The van der Waals surface area contributed by atoms with Crippen molar-refractivity contribution in [2.24, 2.45) is 0 Å². The number of rotatable bonds is 6. The van der Waals surface area contributed by atoms with Crippen molar-refractivity contribution in [1.29, 1.82) is 0 Å². The zero-order valence-corrected chi connectivity index (χ0v) is 24.6. The van der Waals surface area contributed by atoms with Gasteiger partial charge in [0.1, 0.15) is 22.5 Å². The zero-order chi connectivity index (χ0) is 17.2. The van der Waals surface area contributed by atoms with Gasteiger partial charge in [0.2, 0.25) is 0 Å². The van der Waals surface area contributed by atoms with Crippen LogP contribution in [0.25, 0.3) is 22.0 Å². The van der Waals surface area contributed by atoms with Gasteiger partial charge in [-0.25, -0.2) is 8.42 Å². The van der Waals surface area contributed by atoms with Crippen LogP contribution in [0.2, 0.25) is 0 Å². The van der Waals surface area contributed by atoms with Crippen molar-refractivity contribution in [2.75, 3.05) is 12.3 Å². The predicted octanol–water partition coefficient (Wildman–Crippen LogP) is 2.51. The maximum absolute atomic E-state index is 10.6. The predicted molar refractivity (Wildman–Crippen MR) is 94.0 cm³/mol. The molecule has 2 aromatic carbocycles. The second-order valence-corrected chi connectivity index (χ2v) is 6.67. The Hall–Kier alpha value is 0.662. The number of hydrogen-bond acceptors (Lipinski definition) is 6. The van der Waals surface area contributed by atoms with Crippen molar-refractivity contribution in [3.05, 3.63) is 55.2 Å². The molecule has 1 aromatic heterocycles. The number of nitrogens with zero attached hydrogens (tertiary/aromatic N) is 4. The van der Waals surface area contributed by atoms with Gasteiger partial charge in [-0.2, -0.15) is 0 Å². The van der Waals surface area contributed by atoms with Gasteiger partial charge in [-0.3, -0.25) is 0 Å². The number of benzene rings is 2. The van der Waals surface area contributed by atoms with E-state index in [-0.39, 0.29) is 124 Å². The summed E-state index contributed by atoms with van der Waals surface area (Å²) in [7, 11) is -4.23. The molecule has 3 rings (SSSR count). The smallest absolute Gasteiger partial charge is 0.142 e. The summed E-state index contributed by atoms with van der Waals surface area (Å²) in [5, 5.41) is 22.8. The molecule has 0 bridgehead atoms. The Morgan fingerprint density at radius 3 is 2.14 bits per heavy atom. The number of hydrogen-bond donors (Lipinski definition) is 1. The van der Waals surface area contributed by atoms with Crippen molar-refractivity contribution >= 4 is 26.8 Å². The Morgan fingerprint density at radius 1 is 1.04 bits per heavy atom. The molecule has 28 heavy (non-hydrogen) atoms. The van der Waals surface area contributed by atoms with Crippen LogP contribution in [0.4, 0.5) is 5.69 Å². The summed E-state index contributed by atoms with van der Waals surface area (Å²) in [6, 6.07) is 12.0. The van der Waals surface area contributed by atoms with Gasteiger partial charge in [0.15, 0.2) is 0 Å². The van der Waals surface area contributed by atoms with Crippen LogP contribution in [0, 0.1) is 7.43 Å². The van der Waals surface area contributed by atoms with Gasteiger partial charge >= 0.3 is 0 Å². The molecular formula is C16H17N4O4SY3-3. The van der Waals surface area contributed by atoms with Crippen LogP contribution in [0.5, 0.6) is 5.75 Å². The third-order valence-electron chi connectivity index (χ3n) is 3.31. The van der Waals surface area contributed by atoms with E-state index in [0.717, 1.165) is 0 Å². The van der Waals surface area contributed by atoms with Crippen LogP contribution in [-0.2, 0) is 108 Å². The second kappa shape index (κ2) is 13.9. The molecule has 0 fully saturated rings. The average Bonchev–Trinajstić information content (AvgIpc) is 2.96. The molecule has 1 N–H and O–H groups in total. The van der Waals surface area contributed by atoms with Crippen LogP contribution in [0.3, 0.4) is 0 Å². The molecule has 0 atom stereocenters. The van der Waals surface area contributed by atoms with Crippen molar-refractivity contribution in [2.45, 2.75) is 6.42 Å². The largest absolute Gasteiger partial charge is 0.748 e. The third kappa shape index (κ3) is 8.80. The maximum Gasteiger partial charge on any atom is 0.142 e. The molecular weight excluding hydrogens is 611 g/mol. The van der Waals surface area contributed by atoms with E-state index < -0.39 is 15.9 Å². The van der Waals surface area contributed by atoms with Crippen molar-refractivity contribution in [1.82, 2.24) is 15.0 Å². The molecule has 3 aromatic rings. The minimum absolute atomic E-state index is 0. The molecule has 143 valence electrons. The molecule has 3 radical (unpaired) electrons. The van der Waals surface area contributed by atoms with Crippen LogP contribution >= 0.6 is 0 Å². The molecule has 0 aliphatic heterocycles. The Bertz CT molecular complexity index is 950. The van der Waals surface area contributed by atoms with Crippen molar-refractivity contribution in [3.63, 3.8) is 0 Å². The molecule has 0 aliphatic carbocycles. The minimum Gasteiger partial charge on any atom is -0.748 e. The van der Waals surface area contributed by atoms with Crippen LogP contribution in [0.1, 0.15) is 6.42 Å². The quantitative estimate of drug-likeness (QED) is 0.255. The van der Waals surface area contributed by atoms with Crippen LogP contribution < -0.4 is 0 Å². The zero-order valence-electron chi connectivity index (χ0n) is 15.3. The van der Waals surface area contributed by atoms with E-state index >= 15 is 0 Å². The van der Waals surface area contributed by atoms with Gasteiger partial charge in [-0.05, 0) is 24.3 Å². The normalized spacial score (nSPS) is 10.0. The summed E-state index contributed by atoms with van der Waals surface area (Å²) in [6.45, 7) is 0.195. The summed E-state index contributed by atoms with van der Waals surface area (Å²) in [5.74, 6) is -0.454. The van der Waals surface area contributed by atoms with E-state index in [1.54, 1.807) is 12.1 Å². The molecule has 0 amide bonds. The number of fused-ring (bicyclic) bond motifs is 1. The van der Waals surface area contributed by atoms with Gasteiger partial charge in [-0.15, -0.1) is 27.2 Å².